The number of hydrogen-bond acceptors (Lipinski definition) is 6. The maximum Gasteiger partial charge on any atom is 0.333 e. The number of nitrogens with zero attached hydrogens (tertiary/aromatic N) is 2. The number of carboxylic acid groups (broad SMARTS) is 1. The Bertz CT molecular complexity index is 1070. The molecule has 10 heteroatoms. The van der Waals surface area contributed by atoms with Gasteiger partial charge in [0.25, 0.3) is 5.91 Å². The summed E-state index contributed by atoms with van der Waals surface area (Å²) in [5, 5.41) is 27.4. The number of halogens is 1. The van der Waals surface area contributed by atoms with E-state index in [9.17, 15) is 14.7 Å². The lowest BCUT2D eigenvalue weighted by Crippen LogP contribution is -2.47. The molecule has 1 aromatic heterocycles. The van der Waals surface area contributed by atoms with Gasteiger partial charge in [-0.1, -0.05) is 48.0 Å². The molecule has 2 aromatic carbocycles. The van der Waals surface area contributed by atoms with Gasteiger partial charge in [-0.15, -0.1) is 0 Å². The number of aliphatic hydroxyl groups is 1. The topological polar surface area (TPSA) is 128 Å². The molecule has 1 heterocycles. The van der Waals surface area contributed by atoms with Crippen LogP contribution in [0.5, 0.6) is 0 Å². The van der Waals surface area contributed by atoms with Crippen LogP contribution in [0.15, 0.2) is 54.6 Å². The normalized spacial score (nSPS) is 12.0. The average molecular weight is 459 g/mol. The van der Waals surface area contributed by atoms with Crippen LogP contribution < -0.4 is 5.43 Å². The quantitative estimate of drug-likeness (QED) is 0.343. The fraction of sp³-hybridized carbons (Fsp3) is 0.227. The highest BCUT2D eigenvalue weighted by molar-refractivity contribution is 6.30. The van der Waals surface area contributed by atoms with Crippen LogP contribution >= 0.6 is 11.6 Å². The van der Waals surface area contributed by atoms with E-state index in [0.717, 1.165) is 16.7 Å². The number of benzene rings is 2. The van der Waals surface area contributed by atoms with Gasteiger partial charge in [-0.2, -0.15) is 5.10 Å². The number of nitrogens with one attached hydrogen (secondary N) is 2. The Morgan fingerprint density at radius 2 is 1.94 bits per heavy atom. The monoisotopic (exact) mass is 458 g/mol. The number of aromatic amines is 1. The Kier molecular flexibility index (Phi) is 7.96. The third kappa shape index (κ3) is 6.38. The molecule has 0 fully saturated rings. The first kappa shape index (κ1) is 23.4. The van der Waals surface area contributed by atoms with E-state index < -0.39 is 18.0 Å². The molecule has 0 radical (unpaired) electrons. The van der Waals surface area contributed by atoms with Crippen molar-refractivity contribution < 1.29 is 24.5 Å². The van der Waals surface area contributed by atoms with E-state index >= 15 is 0 Å². The number of aromatic nitrogens is 2. The number of hydrazine groups is 1. The zero-order valence-electron chi connectivity index (χ0n) is 17.3. The van der Waals surface area contributed by atoms with Crippen LogP contribution in [-0.2, 0) is 22.7 Å². The molecular formula is C22H23ClN4O5. The fourth-order valence-electron chi connectivity index (χ4n) is 3.03. The van der Waals surface area contributed by atoms with Crippen molar-refractivity contribution in [3.05, 3.63) is 76.6 Å². The summed E-state index contributed by atoms with van der Waals surface area (Å²) in [5.41, 5.74) is 6.07. The summed E-state index contributed by atoms with van der Waals surface area (Å²) in [4.78, 5) is 23.7. The van der Waals surface area contributed by atoms with Crippen molar-refractivity contribution >= 4 is 23.5 Å². The number of rotatable bonds is 10. The number of aliphatic hydroxyl groups excluding tert-OH is 1. The Morgan fingerprint density at radius 1 is 1.19 bits per heavy atom. The number of H-pyrrole nitrogens is 1. The summed E-state index contributed by atoms with van der Waals surface area (Å²) in [5.74, 6) is -1.91. The van der Waals surface area contributed by atoms with Gasteiger partial charge in [0.1, 0.15) is 5.69 Å². The third-order valence-corrected chi connectivity index (χ3v) is 4.83. The minimum Gasteiger partial charge on any atom is -0.479 e. The summed E-state index contributed by atoms with van der Waals surface area (Å²) >= 11 is 6.05. The van der Waals surface area contributed by atoms with E-state index in [1.165, 1.54) is 18.2 Å². The highest BCUT2D eigenvalue weighted by Crippen LogP contribution is 2.23. The van der Waals surface area contributed by atoms with Crippen molar-refractivity contribution in [2.45, 2.75) is 19.3 Å². The summed E-state index contributed by atoms with van der Waals surface area (Å²) in [7, 11) is 1.51. The first-order valence-electron chi connectivity index (χ1n) is 9.70. The summed E-state index contributed by atoms with van der Waals surface area (Å²) in [6, 6.07) is 16.5. The highest BCUT2D eigenvalue weighted by atomic mass is 35.5. The van der Waals surface area contributed by atoms with Crippen molar-refractivity contribution in [1.29, 1.82) is 0 Å². The Balaban J connectivity index is 1.73. The number of hydrogen-bond donors (Lipinski definition) is 4. The first-order valence-corrected chi connectivity index (χ1v) is 10.1. The van der Waals surface area contributed by atoms with E-state index in [1.807, 2.05) is 42.5 Å². The largest absolute Gasteiger partial charge is 0.479 e. The smallest absolute Gasteiger partial charge is 0.333 e. The minimum atomic E-state index is -1.67. The van der Waals surface area contributed by atoms with Crippen molar-refractivity contribution in [3.8, 4) is 11.1 Å². The molecule has 0 bridgehead atoms. The summed E-state index contributed by atoms with van der Waals surface area (Å²) < 4.78 is 4.98. The van der Waals surface area contributed by atoms with Gasteiger partial charge in [0.15, 0.2) is 6.10 Å². The second-order valence-electron chi connectivity index (χ2n) is 7.09. The maximum absolute atomic E-state index is 12.6. The number of carbonyl (C=O) groups excluding carboxylic acids is 1. The second kappa shape index (κ2) is 10.9. The lowest BCUT2D eigenvalue weighted by atomic mass is 10.0. The van der Waals surface area contributed by atoms with E-state index in [2.05, 4.69) is 15.6 Å². The molecule has 0 unspecified atom stereocenters. The predicted molar refractivity (Wildman–Crippen MR) is 118 cm³/mol. The van der Waals surface area contributed by atoms with Crippen molar-refractivity contribution in [2.75, 3.05) is 13.7 Å². The molecule has 0 aliphatic heterocycles. The molecule has 0 saturated heterocycles. The Labute approximate surface area is 189 Å². The summed E-state index contributed by atoms with van der Waals surface area (Å²) in [6.45, 7) is 0.103. The zero-order chi connectivity index (χ0) is 23.1. The number of aliphatic carboxylic acids is 1. The van der Waals surface area contributed by atoms with Gasteiger partial charge in [-0.3, -0.25) is 15.3 Å². The number of carbonyl (C=O) groups is 2. The van der Waals surface area contributed by atoms with Crippen LogP contribution in [0.1, 0.15) is 21.7 Å². The standard InChI is InChI=1S/C22H23ClN4O5/c1-32-13-18-10-19(25-24-18)21(29)26-27(12-20(28)22(30)31)11-14-5-7-15(8-6-14)16-3-2-4-17(23)9-16/h2-10,20,28H,11-13H2,1H3,(H,24,25)(H,26,29)(H,30,31)/t20-/m1/s1. The molecule has 9 nitrogen and oxygen atoms in total. The molecule has 0 aliphatic rings. The molecule has 0 aliphatic carbocycles. The molecule has 168 valence electrons. The van der Waals surface area contributed by atoms with E-state index in [1.54, 1.807) is 6.07 Å². The SMILES string of the molecule is COCc1cc(C(=O)NN(Cc2ccc(-c3cccc(Cl)c3)cc2)C[C@@H](O)C(=O)O)[nH]n1. The lowest BCUT2D eigenvalue weighted by Gasteiger charge is -2.24. The molecule has 3 aromatic rings. The van der Waals surface area contributed by atoms with Gasteiger partial charge >= 0.3 is 5.97 Å². The van der Waals surface area contributed by atoms with Gasteiger partial charge in [0.2, 0.25) is 0 Å². The first-order chi connectivity index (χ1) is 15.4. The number of amides is 1. The molecular weight excluding hydrogens is 436 g/mol. The van der Waals surface area contributed by atoms with Gasteiger partial charge in [0.05, 0.1) is 18.8 Å². The average Bonchev–Trinajstić information content (AvgIpc) is 3.23. The van der Waals surface area contributed by atoms with Gasteiger partial charge in [-0.05, 0) is 34.9 Å². The van der Waals surface area contributed by atoms with Crippen molar-refractivity contribution in [2.24, 2.45) is 0 Å². The van der Waals surface area contributed by atoms with Crippen LogP contribution in [0.2, 0.25) is 5.02 Å². The van der Waals surface area contributed by atoms with Crippen LogP contribution in [0.25, 0.3) is 11.1 Å². The van der Waals surface area contributed by atoms with Gasteiger partial charge in [-0.25, -0.2) is 9.80 Å². The van der Waals surface area contributed by atoms with Crippen LogP contribution in [-0.4, -0.2) is 57.1 Å². The second-order valence-corrected chi connectivity index (χ2v) is 7.53. The number of carboxylic acids is 1. The number of ether oxygens (including phenoxy) is 1. The maximum atomic E-state index is 12.6. The Morgan fingerprint density at radius 3 is 2.59 bits per heavy atom. The molecule has 0 saturated carbocycles. The molecule has 32 heavy (non-hydrogen) atoms. The van der Waals surface area contributed by atoms with Gasteiger partial charge < -0.3 is 14.9 Å². The minimum absolute atomic E-state index is 0.172. The van der Waals surface area contributed by atoms with Crippen LogP contribution in [0.4, 0.5) is 0 Å². The van der Waals surface area contributed by atoms with E-state index in [-0.39, 0.29) is 25.4 Å². The highest BCUT2D eigenvalue weighted by Gasteiger charge is 2.21. The van der Waals surface area contributed by atoms with E-state index in [4.69, 9.17) is 21.4 Å². The van der Waals surface area contributed by atoms with Crippen LogP contribution in [0, 0.1) is 0 Å². The fourth-order valence-corrected chi connectivity index (χ4v) is 3.22. The number of methoxy groups -OCH3 is 1. The van der Waals surface area contributed by atoms with Crippen LogP contribution in [0.3, 0.4) is 0 Å². The van der Waals surface area contributed by atoms with Crippen molar-refractivity contribution in [1.82, 2.24) is 20.6 Å². The molecule has 4 N–H and O–H groups in total. The predicted octanol–water partition coefficient (Wildman–Crippen LogP) is 2.47. The third-order valence-electron chi connectivity index (χ3n) is 4.59. The Hall–Kier alpha value is -3.24. The summed E-state index contributed by atoms with van der Waals surface area (Å²) in [6.07, 6.45) is -1.67. The zero-order valence-corrected chi connectivity index (χ0v) is 18.0. The molecule has 1 amide bonds. The molecule has 0 spiro atoms. The molecule has 1 atom stereocenters. The van der Waals surface area contributed by atoms with E-state index in [0.29, 0.717) is 10.7 Å². The van der Waals surface area contributed by atoms with Crippen molar-refractivity contribution in [3.63, 3.8) is 0 Å². The van der Waals surface area contributed by atoms with Gasteiger partial charge in [0, 0.05) is 18.7 Å². The molecule has 3 rings (SSSR count). The lowest BCUT2D eigenvalue weighted by molar-refractivity contribution is -0.148.